The summed E-state index contributed by atoms with van der Waals surface area (Å²) >= 11 is 0. The third-order valence-corrected chi connectivity index (χ3v) is 2.74. The highest BCUT2D eigenvalue weighted by Crippen LogP contribution is 2.12. The van der Waals surface area contributed by atoms with Gasteiger partial charge in [-0.15, -0.1) is 0 Å². The van der Waals surface area contributed by atoms with Crippen LogP contribution in [0.3, 0.4) is 0 Å². The molecule has 5 heteroatoms. The van der Waals surface area contributed by atoms with Gasteiger partial charge in [-0.2, -0.15) is 0 Å². The molecule has 0 rings (SSSR count). The lowest BCUT2D eigenvalue weighted by Gasteiger charge is -2.14. The lowest BCUT2D eigenvalue weighted by Crippen LogP contribution is -2.18. The van der Waals surface area contributed by atoms with E-state index in [9.17, 15) is 4.79 Å². The fourth-order valence-corrected chi connectivity index (χ4v) is 1.57. The molecule has 2 N–H and O–H groups in total. The van der Waals surface area contributed by atoms with Crippen molar-refractivity contribution in [3.05, 3.63) is 0 Å². The molecule has 0 aromatic rings. The molecule has 0 aliphatic heterocycles. The standard InChI is InChI=1S/C13H27NO4/c1-3-5-6-12(4-2)11-17-8-7-16-9-10-18-13(14)15/h12H,3-11H2,1-2H3,(H2,14,15). The lowest BCUT2D eigenvalue weighted by atomic mass is 10.0. The zero-order valence-corrected chi connectivity index (χ0v) is 11.7. The van der Waals surface area contributed by atoms with E-state index in [1.165, 1.54) is 19.3 Å². The van der Waals surface area contributed by atoms with Crippen LogP contribution in [0.2, 0.25) is 0 Å². The molecule has 0 aromatic carbocycles. The van der Waals surface area contributed by atoms with Crippen LogP contribution in [0.1, 0.15) is 39.5 Å². The van der Waals surface area contributed by atoms with E-state index < -0.39 is 6.09 Å². The van der Waals surface area contributed by atoms with E-state index in [0.717, 1.165) is 13.0 Å². The third kappa shape index (κ3) is 11.7. The van der Waals surface area contributed by atoms with Gasteiger partial charge < -0.3 is 19.9 Å². The third-order valence-electron chi connectivity index (χ3n) is 2.74. The van der Waals surface area contributed by atoms with Crippen LogP contribution < -0.4 is 5.73 Å². The van der Waals surface area contributed by atoms with Crippen LogP contribution in [0.25, 0.3) is 0 Å². The first-order valence-electron chi connectivity index (χ1n) is 6.78. The van der Waals surface area contributed by atoms with Crippen LogP contribution in [0.4, 0.5) is 4.79 Å². The average molecular weight is 261 g/mol. The summed E-state index contributed by atoms with van der Waals surface area (Å²) in [7, 11) is 0. The number of unbranched alkanes of at least 4 members (excludes halogenated alkanes) is 1. The molecule has 0 aromatic heterocycles. The minimum atomic E-state index is -0.767. The number of carbonyl (C=O) groups excluding carboxylic acids is 1. The number of nitrogens with two attached hydrogens (primary N) is 1. The molecule has 1 amide bonds. The second-order valence-corrected chi connectivity index (χ2v) is 4.27. The summed E-state index contributed by atoms with van der Waals surface area (Å²) < 4.78 is 15.3. The van der Waals surface area contributed by atoms with Gasteiger partial charge in [0.2, 0.25) is 0 Å². The van der Waals surface area contributed by atoms with E-state index in [-0.39, 0.29) is 6.61 Å². The maximum atomic E-state index is 10.2. The van der Waals surface area contributed by atoms with Gasteiger partial charge in [-0.3, -0.25) is 0 Å². The van der Waals surface area contributed by atoms with Crippen molar-refractivity contribution >= 4 is 6.09 Å². The van der Waals surface area contributed by atoms with Crippen LogP contribution in [-0.2, 0) is 14.2 Å². The Morgan fingerprint density at radius 3 is 2.39 bits per heavy atom. The van der Waals surface area contributed by atoms with Crippen molar-refractivity contribution in [1.82, 2.24) is 0 Å². The van der Waals surface area contributed by atoms with Gasteiger partial charge in [0.1, 0.15) is 6.61 Å². The Bertz CT molecular complexity index is 199. The highest BCUT2D eigenvalue weighted by atomic mass is 16.6. The zero-order chi connectivity index (χ0) is 13.6. The number of ether oxygens (including phenoxy) is 3. The minimum absolute atomic E-state index is 0.198. The van der Waals surface area contributed by atoms with Crippen LogP contribution in [0.15, 0.2) is 0 Å². The molecule has 0 heterocycles. The van der Waals surface area contributed by atoms with E-state index in [2.05, 4.69) is 18.6 Å². The molecular formula is C13H27NO4. The van der Waals surface area contributed by atoms with Crippen molar-refractivity contribution in [1.29, 1.82) is 0 Å². The number of hydrogen-bond acceptors (Lipinski definition) is 4. The highest BCUT2D eigenvalue weighted by Gasteiger charge is 2.05. The van der Waals surface area contributed by atoms with Gasteiger partial charge in [0.05, 0.1) is 19.8 Å². The molecule has 18 heavy (non-hydrogen) atoms. The molecule has 108 valence electrons. The number of carbonyl (C=O) groups is 1. The van der Waals surface area contributed by atoms with Crippen molar-refractivity contribution in [2.75, 3.05) is 33.0 Å². The van der Waals surface area contributed by atoms with Gasteiger partial charge in [0.25, 0.3) is 0 Å². The molecule has 0 radical (unpaired) electrons. The Hall–Kier alpha value is -0.810. The van der Waals surface area contributed by atoms with E-state index in [1.807, 2.05) is 0 Å². The summed E-state index contributed by atoms with van der Waals surface area (Å²) in [5.41, 5.74) is 4.80. The summed E-state index contributed by atoms with van der Waals surface area (Å²) in [5.74, 6) is 0.656. The molecule has 0 saturated heterocycles. The SMILES string of the molecule is CCCCC(CC)COCCOCCOC(N)=O. The van der Waals surface area contributed by atoms with Gasteiger partial charge in [-0.25, -0.2) is 4.79 Å². The number of amides is 1. The quantitative estimate of drug-likeness (QED) is 0.547. The second-order valence-electron chi connectivity index (χ2n) is 4.27. The largest absolute Gasteiger partial charge is 0.447 e. The molecular weight excluding hydrogens is 234 g/mol. The first kappa shape index (κ1) is 17.2. The molecule has 1 atom stereocenters. The Kier molecular flexibility index (Phi) is 12.1. The first-order valence-corrected chi connectivity index (χ1v) is 6.78. The fraction of sp³-hybridized carbons (Fsp3) is 0.923. The van der Waals surface area contributed by atoms with E-state index in [0.29, 0.717) is 25.7 Å². The van der Waals surface area contributed by atoms with Crippen molar-refractivity contribution < 1.29 is 19.0 Å². The minimum Gasteiger partial charge on any atom is -0.447 e. The number of hydrogen-bond donors (Lipinski definition) is 1. The normalized spacial score (nSPS) is 12.3. The van der Waals surface area contributed by atoms with Crippen LogP contribution >= 0.6 is 0 Å². The van der Waals surface area contributed by atoms with Gasteiger partial charge in [0.15, 0.2) is 0 Å². The Labute approximate surface area is 110 Å². The summed E-state index contributed by atoms with van der Waals surface area (Å²) in [6.07, 6.45) is 4.13. The van der Waals surface area contributed by atoms with E-state index in [4.69, 9.17) is 15.2 Å². The molecule has 0 bridgehead atoms. The van der Waals surface area contributed by atoms with Crippen molar-refractivity contribution in [2.45, 2.75) is 39.5 Å². The van der Waals surface area contributed by atoms with Crippen molar-refractivity contribution in [3.63, 3.8) is 0 Å². The maximum absolute atomic E-state index is 10.2. The van der Waals surface area contributed by atoms with Gasteiger partial charge in [0, 0.05) is 6.61 Å². The second kappa shape index (κ2) is 12.6. The van der Waals surface area contributed by atoms with Crippen LogP contribution in [0.5, 0.6) is 0 Å². The molecule has 1 unspecified atom stereocenters. The summed E-state index contributed by atoms with van der Waals surface area (Å²) in [4.78, 5) is 10.2. The monoisotopic (exact) mass is 261 g/mol. The Balaban J connectivity index is 3.24. The molecule has 5 nitrogen and oxygen atoms in total. The summed E-state index contributed by atoms with van der Waals surface area (Å²) in [6, 6.07) is 0. The Morgan fingerprint density at radius 2 is 1.78 bits per heavy atom. The van der Waals surface area contributed by atoms with Gasteiger partial charge in [-0.1, -0.05) is 33.1 Å². The zero-order valence-electron chi connectivity index (χ0n) is 11.7. The lowest BCUT2D eigenvalue weighted by molar-refractivity contribution is 0.0178. The first-order chi connectivity index (χ1) is 8.70. The van der Waals surface area contributed by atoms with Gasteiger partial charge >= 0.3 is 6.09 Å². The molecule has 0 saturated carbocycles. The highest BCUT2D eigenvalue weighted by molar-refractivity contribution is 5.64. The fourth-order valence-electron chi connectivity index (χ4n) is 1.57. The molecule has 0 spiro atoms. The van der Waals surface area contributed by atoms with Crippen LogP contribution in [0, 0.1) is 5.92 Å². The topological polar surface area (TPSA) is 70.8 Å². The van der Waals surface area contributed by atoms with E-state index >= 15 is 0 Å². The van der Waals surface area contributed by atoms with Gasteiger partial charge in [-0.05, 0) is 12.3 Å². The maximum Gasteiger partial charge on any atom is 0.404 e. The Morgan fingerprint density at radius 1 is 1.11 bits per heavy atom. The molecule has 0 aliphatic rings. The predicted molar refractivity (Wildman–Crippen MR) is 70.5 cm³/mol. The summed E-state index contributed by atoms with van der Waals surface area (Å²) in [5, 5.41) is 0. The van der Waals surface area contributed by atoms with Crippen molar-refractivity contribution in [2.24, 2.45) is 11.7 Å². The average Bonchev–Trinajstić information content (AvgIpc) is 2.35. The predicted octanol–water partition coefficient (Wildman–Crippen LogP) is 2.33. The molecule has 0 fully saturated rings. The smallest absolute Gasteiger partial charge is 0.404 e. The number of rotatable bonds is 12. The summed E-state index contributed by atoms with van der Waals surface area (Å²) in [6.45, 7) is 6.86. The van der Waals surface area contributed by atoms with E-state index in [1.54, 1.807) is 0 Å². The molecule has 0 aliphatic carbocycles. The van der Waals surface area contributed by atoms with Crippen LogP contribution in [-0.4, -0.2) is 39.1 Å². The number of primary amides is 1. The van der Waals surface area contributed by atoms with Crippen molar-refractivity contribution in [3.8, 4) is 0 Å².